The van der Waals surface area contributed by atoms with Crippen LogP contribution in [0.15, 0.2) is 36.7 Å². The fourth-order valence-electron chi connectivity index (χ4n) is 1.86. The molecular formula is C14H19N3O2. The standard InChI is InChI=1S/C14H19N3O2/c1-19-14-4-2-3-12(7-14)8-15-9-13-10-16-17(11-13)5-6-18/h2-4,7,10-11,15,18H,5-6,8-9H2,1H3. The molecule has 0 bridgehead atoms. The van der Waals surface area contributed by atoms with E-state index in [2.05, 4.69) is 16.5 Å². The molecule has 19 heavy (non-hydrogen) atoms. The highest BCUT2D eigenvalue weighted by atomic mass is 16.5. The van der Waals surface area contributed by atoms with Crippen LogP contribution in [0.4, 0.5) is 0 Å². The van der Waals surface area contributed by atoms with Crippen molar-refractivity contribution >= 4 is 0 Å². The van der Waals surface area contributed by atoms with Crippen molar-refractivity contribution in [1.82, 2.24) is 15.1 Å². The summed E-state index contributed by atoms with van der Waals surface area (Å²) in [6, 6.07) is 7.99. The Balaban J connectivity index is 1.81. The fraction of sp³-hybridized carbons (Fsp3) is 0.357. The van der Waals surface area contributed by atoms with Gasteiger partial charge in [-0.15, -0.1) is 0 Å². The maximum absolute atomic E-state index is 8.81. The van der Waals surface area contributed by atoms with Crippen molar-refractivity contribution in [2.75, 3.05) is 13.7 Å². The lowest BCUT2D eigenvalue weighted by molar-refractivity contribution is 0.269. The Labute approximate surface area is 112 Å². The number of methoxy groups -OCH3 is 1. The highest BCUT2D eigenvalue weighted by Crippen LogP contribution is 2.12. The van der Waals surface area contributed by atoms with E-state index in [1.165, 1.54) is 5.56 Å². The third-order valence-electron chi connectivity index (χ3n) is 2.81. The minimum atomic E-state index is 0.109. The Morgan fingerprint density at radius 3 is 2.95 bits per heavy atom. The number of nitrogens with one attached hydrogen (secondary N) is 1. The van der Waals surface area contributed by atoms with Crippen LogP contribution < -0.4 is 10.1 Å². The molecule has 0 radical (unpaired) electrons. The fourth-order valence-corrected chi connectivity index (χ4v) is 1.86. The summed E-state index contributed by atoms with van der Waals surface area (Å²) in [6.45, 7) is 2.18. The summed E-state index contributed by atoms with van der Waals surface area (Å²) in [5, 5.41) is 16.3. The highest BCUT2D eigenvalue weighted by Gasteiger charge is 1.99. The molecule has 1 heterocycles. The van der Waals surface area contributed by atoms with Crippen LogP contribution >= 0.6 is 0 Å². The highest BCUT2D eigenvalue weighted by molar-refractivity contribution is 5.28. The van der Waals surface area contributed by atoms with Crippen LogP contribution in [0.2, 0.25) is 0 Å². The minimum absolute atomic E-state index is 0.109. The van der Waals surface area contributed by atoms with E-state index in [-0.39, 0.29) is 6.61 Å². The molecule has 0 spiro atoms. The molecule has 0 amide bonds. The van der Waals surface area contributed by atoms with E-state index in [1.54, 1.807) is 11.8 Å². The zero-order chi connectivity index (χ0) is 13.5. The molecule has 2 rings (SSSR count). The molecule has 0 aliphatic rings. The number of aliphatic hydroxyl groups is 1. The van der Waals surface area contributed by atoms with Gasteiger partial charge in [-0.25, -0.2) is 0 Å². The maximum atomic E-state index is 8.81. The summed E-state index contributed by atoms with van der Waals surface area (Å²) in [4.78, 5) is 0. The zero-order valence-electron chi connectivity index (χ0n) is 11.0. The molecule has 5 nitrogen and oxygen atoms in total. The van der Waals surface area contributed by atoms with Crippen LogP contribution in [-0.2, 0) is 19.6 Å². The van der Waals surface area contributed by atoms with Gasteiger partial charge in [0.2, 0.25) is 0 Å². The third-order valence-corrected chi connectivity index (χ3v) is 2.81. The molecule has 5 heteroatoms. The molecule has 2 aromatic rings. The van der Waals surface area contributed by atoms with E-state index in [0.717, 1.165) is 24.4 Å². The number of hydrogen-bond donors (Lipinski definition) is 2. The van der Waals surface area contributed by atoms with Crippen molar-refractivity contribution in [3.63, 3.8) is 0 Å². The summed E-state index contributed by atoms with van der Waals surface area (Å²) >= 11 is 0. The Morgan fingerprint density at radius 2 is 2.16 bits per heavy atom. The van der Waals surface area contributed by atoms with Gasteiger partial charge in [0.1, 0.15) is 5.75 Å². The quantitative estimate of drug-likeness (QED) is 0.785. The van der Waals surface area contributed by atoms with Crippen LogP contribution in [0.5, 0.6) is 5.75 Å². The van der Waals surface area contributed by atoms with Crippen molar-refractivity contribution in [2.45, 2.75) is 19.6 Å². The zero-order valence-corrected chi connectivity index (χ0v) is 11.0. The van der Waals surface area contributed by atoms with E-state index < -0.39 is 0 Å². The van der Waals surface area contributed by atoms with Crippen molar-refractivity contribution < 1.29 is 9.84 Å². The lowest BCUT2D eigenvalue weighted by Crippen LogP contribution is -2.12. The van der Waals surface area contributed by atoms with Crippen molar-refractivity contribution in [3.05, 3.63) is 47.8 Å². The van der Waals surface area contributed by atoms with Crippen molar-refractivity contribution in [2.24, 2.45) is 0 Å². The predicted molar refractivity (Wildman–Crippen MR) is 72.9 cm³/mol. The predicted octanol–water partition coefficient (Wildman–Crippen LogP) is 1.17. The van der Waals surface area contributed by atoms with Gasteiger partial charge in [-0.05, 0) is 17.7 Å². The maximum Gasteiger partial charge on any atom is 0.119 e. The molecule has 0 saturated heterocycles. The Hall–Kier alpha value is -1.85. The summed E-state index contributed by atoms with van der Waals surface area (Å²) in [7, 11) is 1.67. The molecule has 0 aliphatic heterocycles. The summed E-state index contributed by atoms with van der Waals surface area (Å²) in [6.07, 6.45) is 3.75. The van der Waals surface area contributed by atoms with Gasteiger partial charge in [0.05, 0.1) is 26.5 Å². The number of aliphatic hydroxyl groups excluding tert-OH is 1. The number of rotatable bonds is 7. The minimum Gasteiger partial charge on any atom is -0.497 e. The number of aromatic nitrogens is 2. The smallest absolute Gasteiger partial charge is 0.119 e. The van der Waals surface area contributed by atoms with Gasteiger partial charge < -0.3 is 15.2 Å². The van der Waals surface area contributed by atoms with E-state index in [0.29, 0.717) is 6.54 Å². The molecule has 2 N–H and O–H groups in total. The normalized spacial score (nSPS) is 10.6. The second-order valence-electron chi connectivity index (χ2n) is 4.29. The lowest BCUT2D eigenvalue weighted by Gasteiger charge is -2.05. The van der Waals surface area contributed by atoms with Gasteiger partial charge in [-0.1, -0.05) is 12.1 Å². The SMILES string of the molecule is COc1cccc(CNCc2cnn(CCO)c2)c1. The van der Waals surface area contributed by atoms with E-state index >= 15 is 0 Å². The first kappa shape index (κ1) is 13.6. The molecular weight excluding hydrogens is 242 g/mol. The van der Waals surface area contributed by atoms with Crippen molar-refractivity contribution in [1.29, 1.82) is 0 Å². The molecule has 0 unspecified atom stereocenters. The van der Waals surface area contributed by atoms with Gasteiger partial charge in [-0.2, -0.15) is 5.10 Å². The Morgan fingerprint density at radius 1 is 1.32 bits per heavy atom. The average molecular weight is 261 g/mol. The van der Waals surface area contributed by atoms with E-state index in [4.69, 9.17) is 9.84 Å². The monoisotopic (exact) mass is 261 g/mol. The van der Waals surface area contributed by atoms with Crippen LogP contribution in [0.3, 0.4) is 0 Å². The van der Waals surface area contributed by atoms with Crippen LogP contribution in [-0.4, -0.2) is 28.6 Å². The van der Waals surface area contributed by atoms with Gasteiger partial charge in [-0.3, -0.25) is 4.68 Å². The molecule has 0 fully saturated rings. The average Bonchev–Trinajstić information content (AvgIpc) is 2.87. The largest absolute Gasteiger partial charge is 0.497 e. The van der Waals surface area contributed by atoms with Crippen LogP contribution in [0, 0.1) is 0 Å². The Bertz CT molecular complexity index is 511. The van der Waals surface area contributed by atoms with Gasteiger partial charge in [0.25, 0.3) is 0 Å². The first-order valence-electron chi connectivity index (χ1n) is 6.27. The summed E-state index contributed by atoms with van der Waals surface area (Å²) < 4.78 is 6.92. The van der Waals surface area contributed by atoms with Crippen molar-refractivity contribution in [3.8, 4) is 5.75 Å². The number of hydrogen-bond acceptors (Lipinski definition) is 4. The topological polar surface area (TPSA) is 59.3 Å². The molecule has 0 saturated carbocycles. The second-order valence-corrected chi connectivity index (χ2v) is 4.29. The first-order valence-corrected chi connectivity index (χ1v) is 6.27. The van der Waals surface area contributed by atoms with E-state index in [1.807, 2.05) is 30.6 Å². The second kappa shape index (κ2) is 6.92. The molecule has 0 aliphatic carbocycles. The van der Waals surface area contributed by atoms with Gasteiger partial charge >= 0.3 is 0 Å². The number of benzene rings is 1. The van der Waals surface area contributed by atoms with Gasteiger partial charge in [0, 0.05) is 24.8 Å². The molecule has 1 aromatic carbocycles. The first-order chi connectivity index (χ1) is 9.31. The number of ether oxygens (including phenoxy) is 1. The number of nitrogens with zero attached hydrogens (tertiary/aromatic N) is 2. The van der Waals surface area contributed by atoms with Crippen LogP contribution in [0.25, 0.3) is 0 Å². The molecule has 102 valence electrons. The third kappa shape index (κ3) is 4.08. The summed E-state index contributed by atoms with van der Waals surface area (Å²) in [5.74, 6) is 0.870. The van der Waals surface area contributed by atoms with Gasteiger partial charge in [0.15, 0.2) is 0 Å². The molecule has 0 atom stereocenters. The summed E-state index contributed by atoms with van der Waals surface area (Å²) in [5.41, 5.74) is 2.29. The molecule has 1 aromatic heterocycles. The van der Waals surface area contributed by atoms with Crippen LogP contribution in [0.1, 0.15) is 11.1 Å². The lowest BCUT2D eigenvalue weighted by atomic mass is 10.2. The Kier molecular flexibility index (Phi) is 4.94. The van der Waals surface area contributed by atoms with E-state index in [9.17, 15) is 0 Å².